The molecule has 0 spiro atoms. The molecule has 2 amide bonds. The highest BCUT2D eigenvalue weighted by Crippen LogP contribution is 2.36. The fourth-order valence-corrected chi connectivity index (χ4v) is 3.96. The molecule has 1 aliphatic rings. The Morgan fingerprint density at radius 2 is 1.94 bits per heavy atom. The summed E-state index contributed by atoms with van der Waals surface area (Å²) < 4.78 is 10.7. The number of nitrogens with zero attached hydrogens (tertiary/aromatic N) is 2. The van der Waals surface area contributed by atoms with Gasteiger partial charge in [-0.15, -0.1) is 0 Å². The third-order valence-electron chi connectivity index (χ3n) is 4.45. The van der Waals surface area contributed by atoms with Crippen LogP contribution in [-0.4, -0.2) is 42.1 Å². The van der Waals surface area contributed by atoms with Crippen LogP contribution < -0.4 is 15.2 Å². The van der Waals surface area contributed by atoms with E-state index in [2.05, 4.69) is 4.99 Å². The van der Waals surface area contributed by atoms with Gasteiger partial charge in [-0.1, -0.05) is 30.7 Å². The fourth-order valence-electron chi connectivity index (χ4n) is 2.94. The Kier molecular flexibility index (Phi) is 7.36. The summed E-state index contributed by atoms with van der Waals surface area (Å²) in [7, 11) is 1.51. The van der Waals surface area contributed by atoms with Crippen LogP contribution in [0.15, 0.2) is 52.4 Å². The number of hydrogen-bond acceptors (Lipinski definition) is 6. The van der Waals surface area contributed by atoms with E-state index in [0.717, 1.165) is 23.2 Å². The molecule has 0 saturated carbocycles. The molecule has 2 N–H and O–H groups in total. The standard InChI is InChI=1S/C23H25N3O4S/c1-4-11-26-22(28)20(31-23(26)25-17-8-5-15(2)6-9-17)13-16-7-10-18(19(12-16)29-3)30-14-21(24)27/h5-10,12-13H,4,11,14H2,1-3H3,(H2,24,27)/b20-13+,25-23?. The van der Waals surface area contributed by atoms with Gasteiger partial charge >= 0.3 is 0 Å². The van der Waals surface area contributed by atoms with Gasteiger partial charge in [0.15, 0.2) is 23.3 Å². The molecule has 162 valence electrons. The Hall–Kier alpha value is -3.26. The zero-order chi connectivity index (χ0) is 22.4. The van der Waals surface area contributed by atoms with Crippen LogP contribution in [0.3, 0.4) is 0 Å². The lowest BCUT2D eigenvalue weighted by atomic mass is 10.2. The number of amides is 2. The van der Waals surface area contributed by atoms with E-state index in [1.807, 2.05) is 38.1 Å². The van der Waals surface area contributed by atoms with Crippen molar-refractivity contribution >= 4 is 40.5 Å². The second kappa shape index (κ2) is 10.2. The smallest absolute Gasteiger partial charge is 0.266 e. The minimum Gasteiger partial charge on any atom is -0.493 e. The molecule has 3 rings (SSSR count). The molecular formula is C23H25N3O4S. The minimum absolute atomic E-state index is 0.0780. The zero-order valence-electron chi connectivity index (χ0n) is 17.8. The van der Waals surface area contributed by atoms with Crippen molar-refractivity contribution in [2.75, 3.05) is 20.3 Å². The van der Waals surface area contributed by atoms with Gasteiger partial charge < -0.3 is 15.2 Å². The Labute approximate surface area is 185 Å². The maximum absolute atomic E-state index is 13.0. The van der Waals surface area contributed by atoms with Gasteiger partial charge in [-0.25, -0.2) is 4.99 Å². The molecule has 2 aromatic carbocycles. The molecule has 1 fully saturated rings. The van der Waals surface area contributed by atoms with E-state index in [-0.39, 0.29) is 12.5 Å². The molecule has 0 aromatic heterocycles. The van der Waals surface area contributed by atoms with Crippen molar-refractivity contribution < 1.29 is 19.1 Å². The molecule has 1 heterocycles. The average molecular weight is 440 g/mol. The summed E-state index contributed by atoms with van der Waals surface area (Å²) >= 11 is 1.35. The maximum atomic E-state index is 13.0. The van der Waals surface area contributed by atoms with Crippen LogP contribution in [0.25, 0.3) is 6.08 Å². The normalized spacial score (nSPS) is 16.2. The van der Waals surface area contributed by atoms with Crippen LogP contribution in [0.4, 0.5) is 5.69 Å². The minimum atomic E-state index is -0.572. The summed E-state index contributed by atoms with van der Waals surface area (Å²) in [6.45, 7) is 4.40. The lowest BCUT2D eigenvalue weighted by Crippen LogP contribution is -2.29. The van der Waals surface area contributed by atoms with Crippen LogP contribution in [0.2, 0.25) is 0 Å². The molecule has 0 aliphatic carbocycles. The highest BCUT2D eigenvalue weighted by molar-refractivity contribution is 8.18. The number of aryl methyl sites for hydroxylation is 1. The van der Waals surface area contributed by atoms with Gasteiger partial charge in [0.1, 0.15) is 0 Å². The number of ether oxygens (including phenoxy) is 2. The SMILES string of the molecule is CCCN1C(=O)/C(=C\c2ccc(OCC(N)=O)c(OC)c2)SC1=Nc1ccc(C)cc1. The molecule has 2 aromatic rings. The van der Waals surface area contributed by atoms with E-state index < -0.39 is 5.91 Å². The van der Waals surface area contributed by atoms with Gasteiger partial charge in [0.25, 0.3) is 11.8 Å². The van der Waals surface area contributed by atoms with Crippen LogP contribution in [-0.2, 0) is 9.59 Å². The maximum Gasteiger partial charge on any atom is 0.266 e. The first-order chi connectivity index (χ1) is 14.9. The molecule has 0 radical (unpaired) electrons. The van der Waals surface area contributed by atoms with E-state index in [0.29, 0.717) is 28.1 Å². The fraction of sp³-hybridized carbons (Fsp3) is 0.261. The van der Waals surface area contributed by atoms with E-state index in [9.17, 15) is 9.59 Å². The Balaban J connectivity index is 1.88. The van der Waals surface area contributed by atoms with Gasteiger partial charge in [-0.2, -0.15) is 0 Å². The summed E-state index contributed by atoms with van der Waals surface area (Å²) in [4.78, 5) is 30.9. The molecule has 0 unspecified atom stereocenters. The van der Waals surface area contributed by atoms with E-state index in [1.54, 1.807) is 29.2 Å². The van der Waals surface area contributed by atoms with Gasteiger partial charge in [-0.3, -0.25) is 14.5 Å². The summed E-state index contributed by atoms with van der Waals surface area (Å²) in [5, 5.41) is 0.662. The number of rotatable bonds is 8. The average Bonchev–Trinajstić information content (AvgIpc) is 3.03. The van der Waals surface area contributed by atoms with Crippen molar-refractivity contribution in [1.82, 2.24) is 4.90 Å². The number of methoxy groups -OCH3 is 1. The van der Waals surface area contributed by atoms with Gasteiger partial charge in [0, 0.05) is 6.54 Å². The lowest BCUT2D eigenvalue weighted by molar-refractivity contribution is -0.122. The number of primary amides is 1. The zero-order valence-corrected chi connectivity index (χ0v) is 18.6. The summed E-state index contributed by atoms with van der Waals surface area (Å²) in [5.41, 5.74) is 7.86. The number of benzene rings is 2. The molecule has 1 saturated heterocycles. The van der Waals surface area contributed by atoms with Crippen LogP contribution in [0.1, 0.15) is 24.5 Å². The highest BCUT2D eigenvalue weighted by Gasteiger charge is 2.32. The first-order valence-corrected chi connectivity index (χ1v) is 10.7. The van der Waals surface area contributed by atoms with E-state index in [4.69, 9.17) is 15.2 Å². The third kappa shape index (κ3) is 5.67. The third-order valence-corrected chi connectivity index (χ3v) is 5.46. The summed E-state index contributed by atoms with van der Waals surface area (Å²) in [5.74, 6) is 0.205. The quantitative estimate of drug-likeness (QED) is 0.630. The lowest BCUT2D eigenvalue weighted by Gasteiger charge is -2.14. The molecule has 8 heteroatoms. The number of hydrogen-bond donors (Lipinski definition) is 1. The van der Waals surface area contributed by atoms with Crippen molar-refractivity contribution in [1.29, 1.82) is 0 Å². The second-order valence-corrected chi connectivity index (χ2v) is 7.97. The van der Waals surface area contributed by atoms with Crippen molar-refractivity contribution in [3.05, 3.63) is 58.5 Å². The molecule has 1 aliphatic heterocycles. The van der Waals surface area contributed by atoms with Crippen molar-refractivity contribution in [2.45, 2.75) is 20.3 Å². The number of thioether (sulfide) groups is 1. The number of amidine groups is 1. The summed E-state index contributed by atoms with van der Waals surface area (Å²) in [6.07, 6.45) is 2.62. The number of carbonyl (C=O) groups excluding carboxylic acids is 2. The van der Waals surface area contributed by atoms with Crippen molar-refractivity contribution in [3.8, 4) is 11.5 Å². The highest BCUT2D eigenvalue weighted by atomic mass is 32.2. The van der Waals surface area contributed by atoms with Gasteiger partial charge in [0.2, 0.25) is 0 Å². The van der Waals surface area contributed by atoms with Crippen LogP contribution >= 0.6 is 11.8 Å². The van der Waals surface area contributed by atoms with Crippen molar-refractivity contribution in [2.24, 2.45) is 10.7 Å². The topological polar surface area (TPSA) is 94.2 Å². The van der Waals surface area contributed by atoms with Crippen LogP contribution in [0.5, 0.6) is 11.5 Å². The van der Waals surface area contributed by atoms with E-state index in [1.165, 1.54) is 18.9 Å². The van der Waals surface area contributed by atoms with E-state index >= 15 is 0 Å². The molecule has 0 atom stereocenters. The largest absolute Gasteiger partial charge is 0.493 e. The molecule has 0 bridgehead atoms. The Morgan fingerprint density at radius 1 is 1.19 bits per heavy atom. The predicted molar refractivity (Wildman–Crippen MR) is 124 cm³/mol. The number of aliphatic imine (C=N–C) groups is 1. The first-order valence-electron chi connectivity index (χ1n) is 9.87. The van der Waals surface area contributed by atoms with Crippen LogP contribution in [0, 0.1) is 6.92 Å². The Bertz CT molecular complexity index is 1030. The molecule has 7 nitrogen and oxygen atoms in total. The molecule has 31 heavy (non-hydrogen) atoms. The summed E-state index contributed by atoms with van der Waals surface area (Å²) in [6, 6.07) is 13.1. The van der Waals surface area contributed by atoms with Gasteiger partial charge in [0.05, 0.1) is 17.7 Å². The van der Waals surface area contributed by atoms with Crippen molar-refractivity contribution in [3.63, 3.8) is 0 Å². The number of carbonyl (C=O) groups is 2. The first kappa shape index (κ1) is 22.4. The monoisotopic (exact) mass is 439 g/mol. The second-order valence-electron chi connectivity index (χ2n) is 6.96. The predicted octanol–water partition coefficient (Wildman–Crippen LogP) is 3.88. The van der Waals surface area contributed by atoms with Gasteiger partial charge in [-0.05, 0) is 61.0 Å². The Morgan fingerprint density at radius 3 is 2.58 bits per heavy atom. The number of nitrogens with two attached hydrogens (primary N) is 1. The molecular weight excluding hydrogens is 414 g/mol.